The fourth-order valence-corrected chi connectivity index (χ4v) is 4.26. The second kappa shape index (κ2) is 9.44. The van der Waals surface area contributed by atoms with Crippen LogP contribution in [0.2, 0.25) is 5.02 Å². The molecule has 8 nitrogen and oxygen atoms in total. The number of benzene rings is 2. The molecule has 3 N–H and O–H groups in total. The maximum atomic E-state index is 13.8. The van der Waals surface area contributed by atoms with E-state index >= 15 is 0 Å². The Kier molecular flexibility index (Phi) is 6.15. The molecule has 5 aromatic rings. The SMILES string of the molecule is BC(Nc1cc(Cl)c2ncc(C#N)c(Nc3cnc(F)c(F)c3)c2c1)(c1ccc(F)cc1)c1c[nH]nn1. The minimum atomic E-state index is -1.24. The molecule has 1 unspecified atom stereocenters. The number of anilines is 3. The molecule has 182 valence electrons. The zero-order valence-corrected chi connectivity index (χ0v) is 19.8. The van der Waals surface area contributed by atoms with Crippen molar-refractivity contribution in [1.82, 2.24) is 25.4 Å². The van der Waals surface area contributed by atoms with Crippen molar-refractivity contribution in [2.45, 2.75) is 5.44 Å². The van der Waals surface area contributed by atoms with Crippen LogP contribution in [-0.2, 0) is 5.44 Å². The van der Waals surface area contributed by atoms with E-state index in [4.69, 9.17) is 11.6 Å². The summed E-state index contributed by atoms with van der Waals surface area (Å²) in [5, 5.41) is 27.3. The average molecular weight is 519 g/mol. The number of fused-ring (bicyclic) bond motifs is 1. The van der Waals surface area contributed by atoms with Crippen LogP contribution in [-0.4, -0.2) is 33.2 Å². The molecule has 0 spiro atoms. The summed E-state index contributed by atoms with van der Waals surface area (Å²) in [5.74, 6) is -2.78. The van der Waals surface area contributed by atoms with E-state index in [0.29, 0.717) is 27.8 Å². The van der Waals surface area contributed by atoms with E-state index in [1.807, 2.05) is 13.9 Å². The summed E-state index contributed by atoms with van der Waals surface area (Å²) < 4.78 is 40.8. The Labute approximate surface area is 213 Å². The third-order valence-electron chi connectivity index (χ3n) is 5.86. The van der Waals surface area contributed by atoms with Crippen LogP contribution < -0.4 is 10.6 Å². The molecule has 3 heterocycles. The number of H-pyrrole nitrogens is 1. The molecule has 13 heteroatoms. The Morgan fingerprint density at radius 1 is 1.03 bits per heavy atom. The number of aromatic amines is 1. The molecule has 0 saturated carbocycles. The van der Waals surface area contributed by atoms with E-state index in [9.17, 15) is 18.4 Å². The molecular weight excluding hydrogens is 504 g/mol. The molecule has 0 saturated heterocycles. The number of nitrogens with one attached hydrogen (secondary N) is 3. The van der Waals surface area contributed by atoms with Crippen molar-refractivity contribution in [3.8, 4) is 6.07 Å². The topological polar surface area (TPSA) is 115 Å². The van der Waals surface area contributed by atoms with Gasteiger partial charge < -0.3 is 10.6 Å². The number of pyridine rings is 2. The summed E-state index contributed by atoms with van der Waals surface area (Å²) in [6, 6.07) is 12.2. The van der Waals surface area contributed by atoms with Crippen molar-refractivity contribution >= 4 is 47.4 Å². The lowest BCUT2D eigenvalue weighted by Crippen LogP contribution is -2.37. The van der Waals surface area contributed by atoms with Gasteiger partial charge in [0.25, 0.3) is 0 Å². The van der Waals surface area contributed by atoms with Gasteiger partial charge in [-0.25, -0.2) is 13.8 Å². The highest BCUT2D eigenvalue weighted by Crippen LogP contribution is 2.37. The quantitative estimate of drug-likeness (QED) is 0.226. The van der Waals surface area contributed by atoms with Gasteiger partial charge in [-0.05, 0) is 29.8 Å². The van der Waals surface area contributed by atoms with Crippen LogP contribution in [0.5, 0.6) is 0 Å². The normalized spacial score (nSPS) is 12.6. The van der Waals surface area contributed by atoms with Crippen molar-refractivity contribution < 1.29 is 13.2 Å². The molecule has 0 aliphatic heterocycles. The van der Waals surface area contributed by atoms with Crippen LogP contribution in [0, 0.1) is 28.9 Å². The van der Waals surface area contributed by atoms with E-state index in [0.717, 1.165) is 12.3 Å². The first-order valence-electron chi connectivity index (χ1n) is 10.8. The molecule has 1 atom stereocenters. The Balaban J connectivity index is 1.65. The lowest BCUT2D eigenvalue weighted by molar-refractivity contribution is 0.480. The summed E-state index contributed by atoms with van der Waals surface area (Å²) in [4.78, 5) is 7.68. The second-order valence-electron chi connectivity index (χ2n) is 8.25. The third-order valence-corrected chi connectivity index (χ3v) is 6.14. The van der Waals surface area contributed by atoms with Gasteiger partial charge in [0.1, 0.15) is 25.4 Å². The van der Waals surface area contributed by atoms with Gasteiger partial charge in [-0.15, -0.1) is 5.10 Å². The summed E-state index contributed by atoms with van der Waals surface area (Å²) in [6.07, 6.45) is 4.04. The second-order valence-corrected chi connectivity index (χ2v) is 8.66. The minimum absolute atomic E-state index is 0.121. The van der Waals surface area contributed by atoms with Crippen molar-refractivity contribution in [3.63, 3.8) is 0 Å². The predicted molar refractivity (Wildman–Crippen MR) is 135 cm³/mol. The molecule has 37 heavy (non-hydrogen) atoms. The molecule has 0 radical (unpaired) electrons. The minimum Gasteiger partial charge on any atom is -0.378 e. The molecule has 5 rings (SSSR count). The Morgan fingerprint density at radius 2 is 1.81 bits per heavy atom. The molecule has 0 bridgehead atoms. The lowest BCUT2D eigenvalue weighted by atomic mass is 9.69. The average Bonchev–Trinajstić information content (AvgIpc) is 3.43. The smallest absolute Gasteiger partial charge is 0.249 e. The number of halogens is 4. The van der Waals surface area contributed by atoms with Crippen LogP contribution >= 0.6 is 11.6 Å². The fraction of sp³-hybridized carbons (Fsp3) is 0.0417. The van der Waals surface area contributed by atoms with Crippen molar-refractivity contribution in [1.29, 1.82) is 5.26 Å². The standard InChI is InChI=1S/C24H15BClF3N8/c25-24(20-11-33-37-36-20,13-1-3-14(27)4-2-13)35-15-5-17-21(34-16-7-19(28)23(29)32-10-16)12(8-30)9-31-22(17)18(26)6-15/h1-7,9-11,35H,25H2,(H,31,34)(H,33,36,37). The first kappa shape index (κ1) is 24.1. The maximum absolute atomic E-state index is 13.8. The number of nitriles is 1. The summed E-state index contributed by atoms with van der Waals surface area (Å²) in [6.45, 7) is 0. The lowest BCUT2D eigenvalue weighted by Gasteiger charge is -2.31. The van der Waals surface area contributed by atoms with Crippen LogP contribution in [0.25, 0.3) is 10.9 Å². The molecule has 2 aromatic carbocycles. The zero-order valence-electron chi connectivity index (χ0n) is 19.0. The molecule has 0 aliphatic carbocycles. The van der Waals surface area contributed by atoms with Crippen LogP contribution in [0.1, 0.15) is 16.8 Å². The van der Waals surface area contributed by atoms with E-state index in [1.165, 1.54) is 18.3 Å². The molecule has 0 fully saturated rings. The van der Waals surface area contributed by atoms with Gasteiger partial charge in [-0.2, -0.15) is 9.65 Å². The van der Waals surface area contributed by atoms with Crippen LogP contribution in [0.3, 0.4) is 0 Å². The maximum Gasteiger partial charge on any atom is 0.249 e. The fourth-order valence-electron chi connectivity index (χ4n) is 3.99. The Bertz CT molecular complexity index is 1660. The number of nitrogens with zero attached hydrogens (tertiary/aromatic N) is 5. The van der Waals surface area contributed by atoms with Gasteiger partial charge in [-0.1, -0.05) is 28.9 Å². The van der Waals surface area contributed by atoms with E-state index < -0.39 is 23.0 Å². The Morgan fingerprint density at radius 3 is 2.49 bits per heavy atom. The number of aromatic nitrogens is 5. The van der Waals surface area contributed by atoms with Crippen LogP contribution in [0.4, 0.5) is 30.2 Å². The summed E-state index contributed by atoms with van der Waals surface area (Å²) in [7, 11) is 1.84. The van der Waals surface area contributed by atoms with Gasteiger partial charge in [0, 0.05) is 29.5 Å². The van der Waals surface area contributed by atoms with E-state index in [2.05, 4.69) is 36.0 Å². The third kappa shape index (κ3) is 4.52. The van der Waals surface area contributed by atoms with Gasteiger partial charge >= 0.3 is 0 Å². The highest BCUT2D eigenvalue weighted by Gasteiger charge is 2.32. The van der Waals surface area contributed by atoms with Crippen molar-refractivity contribution in [3.05, 3.63) is 100 Å². The van der Waals surface area contributed by atoms with E-state index in [1.54, 1.807) is 30.5 Å². The molecule has 3 aromatic heterocycles. The van der Waals surface area contributed by atoms with Crippen molar-refractivity contribution in [2.24, 2.45) is 0 Å². The highest BCUT2D eigenvalue weighted by atomic mass is 35.5. The highest BCUT2D eigenvalue weighted by molar-refractivity contribution is 6.36. The monoisotopic (exact) mass is 518 g/mol. The van der Waals surface area contributed by atoms with Gasteiger partial charge in [0.2, 0.25) is 5.95 Å². The largest absolute Gasteiger partial charge is 0.378 e. The summed E-state index contributed by atoms with van der Waals surface area (Å²) >= 11 is 6.58. The van der Waals surface area contributed by atoms with Gasteiger partial charge in [0.05, 0.1) is 39.1 Å². The molecular formula is C24H15BClF3N8. The number of rotatable bonds is 6. The predicted octanol–water partition coefficient (Wildman–Crippen LogP) is 4.38. The Hall–Kier alpha value is -4.63. The van der Waals surface area contributed by atoms with E-state index in [-0.39, 0.29) is 22.0 Å². The first-order chi connectivity index (χ1) is 17.8. The molecule has 0 aliphatic rings. The van der Waals surface area contributed by atoms with Crippen LogP contribution in [0.15, 0.2) is 61.1 Å². The number of hydrogen-bond acceptors (Lipinski definition) is 7. The van der Waals surface area contributed by atoms with Gasteiger partial charge in [0.15, 0.2) is 5.82 Å². The van der Waals surface area contributed by atoms with Gasteiger partial charge in [-0.3, -0.25) is 10.1 Å². The summed E-state index contributed by atoms with van der Waals surface area (Å²) in [5.41, 5.74) is 1.65. The first-order valence-corrected chi connectivity index (χ1v) is 11.2. The number of hydrogen-bond donors (Lipinski definition) is 3. The molecule has 0 amide bonds. The van der Waals surface area contributed by atoms with Crippen molar-refractivity contribution in [2.75, 3.05) is 10.6 Å². The zero-order chi connectivity index (χ0) is 26.2.